The Kier molecular flexibility index (Phi) is 4.93. The SMILES string of the molecule is CC(CSCC1(O)CCCCC1)C(=O)O. The highest BCUT2D eigenvalue weighted by Gasteiger charge is 2.29. The average Bonchev–Trinajstić information content (AvgIpc) is 2.18. The molecule has 1 aliphatic carbocycles. The topological polar surface area (TPSA) is 57.5 Å². The molecule has 0 amide bonds. The molecule has 1 saturated carbocycles. The van der Waals surface area contributed by atoms with Crippen LogP contribution in [-0.2, 0) is 4.79 Å². The predicted molar refractivity (Wildman–Crippen MR) is 62.2 cm³/mol. The molecular weight excluding hydrogens is 212 g/mol. The van der Waals surface area contributed by atoms with Crippen molar-refractivity contribution in [2.24, 2.45) is 5.92 Å². The van der Waals surface area contributed by atoms with E-state index in [0.717, 1.165) is 25.7 Å². The molecule has 0 aromatic carbocycles. The van der Waals surface area contributed by atoms with Gasteiger partial charge >= 0.3 is 5.97 Å². The molecule has 1 unspecified atom stereocenters. The van der Waals surface area contributed by atoms with Gasteiger partial charge in [0.2, 0.25) is 0 Å². The lowest BCUT2D eigenvalue weighted by molar-refractivity contribution is -0.140. The molecule has 0 spiro atoms. The van der Waals surface area contributed by atoms with Gasteiger partial charge in [-0.15, -0.1) is 0 Å². The second-order valence-electron chi connectivity index (χ2n) is 4.54. The van der Waals surface area contributed by atoms with E-state index in [1.807, 2.05) is 0 Å². The molecule has 15 heavy (non-hydrogen) atoms. The van der Waals surface area contributed by atoms with E-state index in [9.17, 15) is 9.90 Å². The largest absolute Gasteiger partial charge is 0.481 e. The second kappa shape index (κ2) is 5.75. The van der Waals surface area contributed by atoms with Crippen LogP contribution in [0.25, 0.3) is 0 Å². The molecule has 0 aromatic heterocycles. The standard InChI is InChI=1S/C11H20O3S/c1-9(10(12)13)7-15-8-11(14)5-3-2-4-6-11/h9,14H,2-8H2,1H3,(H,12,13). The maximum atomic E-state index is 10.6. The number of carbonyl (C=O) groups is 1. The summed E-state index contributed by atoms with van der Waals surface area (Å²) in [6.07, 6.45) is 5.18. The summed E-state index contributed by atoms with van der Waals surface area (Å²) < 4.78 is 0. The van der Waals surface area contributed by atoms with Gasteiger partial charge in [0, 0.05) is 11.5 Å². The molecule has 1 aliphatic rings. The van der Waals surface area contributed by atoms with E-state index >= 15 is 0 Å². The molecule has 4 heteroatoms. The lowest BCUT2D eigenvalue weighted by Gasteiger charge is -2.31. The van der Waals surface area contributed by atoms with Crippen LogP contribution >= 0.6 is 11.8 Å². The zero-order valence-corrected chi connectivity index (χ0v) is 10.1. The molecule has 1 fully saturated rings. The first-order valence-electron chi connectivity index (χ1n) is 5.56. The van der Waals surface area contributed by atoms with Gasteiger partial charge in [-0.25, -0.2) is 0 Å². The summed E-state index contributed by atoms with van der Waals surface area (Å²) in [5.74, 6) is 0.211. The maximum Gasteiger partial charge on any atom is 0.307 e. The summed E-state index contributed by atoms with van der Waals surface area (Å²) >= 11 is 1.56. The van der Waals surface area contributed by atoms with Gasteiger partial charge in [-0.3, -0.25) is 4.79 Å². The van der Waals surface area contributed by atoms with Crippen molar-refractivity contribution in [2.45, 2.75) is 44.6 Å². The van der Waals surface area contributed by atoms with Crippen LogP contribution in [0.4, 0.5) is 0 Å². The van der Waals surface area contributed by atoms with Gasteiger partial charge < -0.3 is 10.2 Å². The van der Waals surface area contributed by atoms with Crippen molar-refractivity contribution in [3.05, 3.63) is 0 Å². The normalized spacial score (nSPS) is 22.3. The van der Waals surface area contributed by atoms with Crippen molar-refractivity contribution in [2.75, 3.05) is 11.5 Å². The molecule has 0 aliphatic heterocycles. The Bertz CT molecular complexity index is 212. The molecule has 0 saturated heterocycles. The Balaban J connectivity index is 2.21. The number of hydrogen-bond acceptors (Lipinski definition) is 3. The number of aliphatic carboxylic acids is 1. The van der Waals surface area contributed by atoms with Gasteiger partial charge in [0.05, 0.1) is 11.5 Å². The van der Waals surface area contributed by atoms with Crippen LogP contribution in [-0.4, -0.2) is 33.3 Å². The van der Waals surface area contributed by atoms with E-state index < -0.39 is 11.6 Å². The first-order valence-corrected chi connectivity index (χ1v) is 6.72. The highest BCUT2D eigenvalue weighted by Crippen LogP contribution is 2.31. The van der Waals surface area contributed by atoms with E-state index in [2.05, 4.69) is 0 Å². The zero-order chi connectivity index (χ0) is 11.3. The fraction of sp³-hybridized carbons (Fsp3) is 0.909. The predicted octanol–water partition coefficient (Wildman–Crippen LogP) is 2.14. The molecule has 0 radical (unpaired) electrons. The van der Waals surface area contributed by atoms with Crippen LogP contribution in [0, 0.1) is 5.92 Å². The minimum atomic E-state index is -0.752. The fourth-order valence-electron chi connectivity index (χ4n) is 1.85. The monoisotopic (exact) mass is 232 g/mol. The molecule has 1 atom stereocenters. The molecule has 0 bridgehead atoms. The smallest absolute Gasteiger partial charge is 0.307 e. The van der Waals surface area contributed by atoms with Crippen LogP contribution in [0.15, 0.2) is 0 Å². The van der Waals surface area contributed by atoms with Crippen LogP contribution < -0.4 is 0 Å². The quantitative estimate of drug-likeness (QED) is 0.762. The van der Waals surface area contributed by atoms with Crippen LogP contribution in [0.5, 0.6) is 0 Å². The van der Waals surface area contributed by atoms with Gasteiger partial charge in [0.1, 0.15) is 0 Å². The second-order valence-corrected chi connectivity index (χ2v) is 5.57. The summed E-state index contributed by atoms with van der Waals surface area (Å²) in [7, 11) is 0. The summed E-state index contributed by atoms with van der Waals surface area (Å²) in [4.78, 5) is 10.6. The van der Waals surface area contributed by atoms with E-state index in [0.29, 0.717) is 11.5 Å². The highest BCUT2D eigenvalue weighted by atomic mass is 32.2. The molecular formula is C11H20O3S. The number of aliphatic hydroxyl groups is 1. The minimum Gasteiger partial charge on any atom is -0.481 e. The number of thioether (sulfide) groups is 1. The zero-order valence-electron chi connectivity index (χ0n) is 9.24. The van der Waals surface area contributed by atoms with Crippen LogP contribution in [0.3, 0.4) is 0 Å². The Hall–Kier alpha value is -0.220. The molecule has 1 rings (SSSR count). The van der Waals surface area contributed by atoms with Crippen LogP contribution in [0.2, 0.25) is 0 Å². The molecule has 2 N–H and O–H groups in total. The van der Waals surface area contributed by atoms with E-state index in [-0.39, 0.29) is 5.92 Å². The van der Waals surface area contributed by atoms with Crippen molar-refractivity contribution in [1.29, 1.82) is 0 Å². The van der Waals surface area contributed by atoms with Crippen LogP contribution in [0.1, 0.15) is 39.0 Å². The Morgan fingerprint density at radius 1 is 1.40 bits per heavy atom. The fourth-order valence-corrected chi connectivity index (χ4v) is 3.13. The first-order chi connectivity index (χ1) is 7.03. The minimum absolute atomic E-state index is 0.317. The number of rotatable bonds is 5. The Morgan fingerprint density at radius 2 is 2.00 bits per heavy atom. The third kappa shape index (κ3) is 4.43. The summed E-state index contributed by atoms with van der Waals surface area (Å²) in [6.45, 7) is 1.71. The van der Waals surface area contributed by atoms with Crippen molar-refractivity contribution >= 4 is 17.7 Å². The van der Waals surface area contributed by atoms with Gasteiger partial charge in [0.15, 0.2) is 0 Å². The van der Waals surface area contributed by atoms with Crippen molar-refractivity contribution in [1.82, 2.24) is 0 Å². The summed E-state index contributed by atoms with van der Waals surface area (Å²) in [5.41, 5.74) is -0.527. The summed E-state index contributed by atoms with van der Waals surface area (Å²) in [5, 5.41) is 18.9. The molecule has 3 nitrogen and oxygen atoms in total. The van der Waals surface area contributed by atoms with E-state index in [1.165, 1.54) is 6.42 Å². The first kappa shape index (κ1) is 12.8. The highest BCUT2D eigenvalue weighted by molar-refractivity contribution is 7.99. The number of hydrogen-bond donors (Lipinski definition) is 2. The molecule has 0 aromatic rings. The maximum absolute atomic E-state index is 10.6. The van der Waals surface area contributed by atoms with Crippen molar-refractivity contribution in [3.8, 4) is 0 Å². The van der Waals surface area contributed by atoms with Gasteiger partial charge in [-0.05, 0) is 12.8 Å². The summed E-state index contributed by atoms with van der Waals surface area (Å²) in [6, 6.07) is 0. The van der Waals surface area contributed by atoms with Gasteiger partial charge in [-0.2, -0.15) is 11.8 Å². The lowest BCUT2D eigenvalue weighted by Crippen LogP contribution is -2.34. The van der Waals surface area contributed by atoms with Gasteiger partial charge in [-0.1, -0.05) is 26.2 Å². The molecule has 88 valence electrons. The Labute approximate surface area is 95.3 Å². The molecule has 0 heterocycles. The van der Waals surface area contributed by atoms with E-state index in [1.54, 1.807) is 18.7 Å². The lowest BCUT2D eigenvalue weighted by atomic mass is 9.86. The number of carboxylic acids is 1. The number of carboxylic acid groups (broad SMARTS) is 1. The van der Waals surface area contributed by atoms with Crippen molar-refractivity contribution in [3.63, 3.8) is 0 Å². The van der Waals surface area contributed by atoms with Gasteiger partial charge in [0.25, 0.3) is 0 Å². The Morgan fingerprint density at radius 3 is 2.53 bits per heavy atom. The van der Waals surface area contributed by atoms with E-state index in [4.69, 9.17) is 5.11 Å². The third-order valence-corrected chi connectivity index (χ3v) is 4.42. The average molecular weight is 232 g/mol. The third-order valence-electron chi connectivity index (χ3n) is 2.94. The van der Waals surface area contributed by atoms with Crippen molar-refractivity contribution < 1.29 is 15.0 Å².